The zero-order chi connectivity index (χ0) is 10.7. The Morgan fingerprint density at radius 2 is 2.13 bits per heavy atom. The van der Waals surface area contributed by atoms with E-state index in [9.17, 15) is 0 Å². The fourth-order valence-corrected chi connectivity index (χ4v) is 2.07. The first-order valence-electron chi connectivity index (χ1n) is 5.66. The molecule has 0 bridgehead atoms. The van der Waals surface area contributed by atoms with Gasteiger partial charge in [0.15, 0.2) is 0 Å². The zero-order valence-electron chi connectivity index (χ0n) is 9.32. The summed E-state index contributed by atoms with van der Waals surface area (Å²) in [4.78, 5) is 6.60. The lowest BCUT2D eigenvalue weighted by atomic mass is 9.96. The van der Waals surface area contributed by atoms with E-state index in [-0.39, 0.29) is 0 Å². The largest absolute Gasteiger partial charge is 0.299 e. The fraction of sp³-hybridized carbons (Fsp3) is 0.583. The molecule has 0 aliphatic carbocycles. The van der Waals surface area contributed by atoms with Crippen molar-refractivity contribution in [1.82, 2.24) is 9.88 Å². The summed E-state index contributed by atoms with van der Waals surface area (Å²) in [6.07, 6.45) is 6.24. The fourth-order valence-electron chi connectivity index (χ4n) is 2.07. The average molecular weight is 200 g/mol. The lowest BCUT2D eigenvalue weighted by Gasteiger charge is -2.30. The molecule has 1 saturated heterocycles. The summed E-state index contributed by atoms with van der Waals surface area (Å²) in [5, 5.41) is 0. The average Bonchev–Trinajstić information content (AvgIpc) is 2.22. The Labute approximate surface area is 93.1 Å². The van der Waals surface area contributed by atoms with Gasteiger partial charge in [-0.15, -0.1) is 0 Å². The van der Waals surface area contributed by atoms with Gasteiger partial charge in [0.2, 0.25) is 0 Å². The highest BCUT2D eigenvalue weighted by Gasteiger charge is 2.15. The number of pyridine rings is 1. The normalized spacial score (nSPS) is 19.3. The zero-order valence-corrected chi connectivity index (χ0v) is 9.32. The second-order valence-corrected chi connectivity index (χ2v) is 4.59. The molecule has 0 saturated carbocycles. The highest BCUT2D eigenvalue weighted by atomic mass is 15.1. The van der Waals surface area contributed by atoms with E-state index in [1.165, 1.54) is 31.5 Å². The second kappa shape index (κ2) is 4.80. The van der Waals surface area contributed by atoms with E-state index in [0.717, 1.165) is 17.9 Å². The molecule has 0 atom stereocenters. The van der Waals surface area contributed by atoms with Gasteiger partial charge in [-0.1, -0.05) is 18.5 Å². The van der Waals surface area contributed by atoms with Crippen LogP contribution in [0.3, 0.4) is 0 Å². The molecule has 1 aliphatic heterocycles. The second-order valence-electron chi connectivity index (χ2n) is 4.59. The first kappa shape index (κ1) is 10.7. The van der Waals surface area contributed by atoms with Crippen molar-refractivity contribution in [1.29, 1.82) is 0 Å². The van der Waals surface area contributed by atoms with Crippen LogP contribution in [-0.4, -0.2) is 30.8 Å². The van der Waals surface area contributed by atoms with Crippen molar-refractivity contribution in [3.05, 3.63) is 24.0 Å². The van der Waals surface area contributed by atoms with Gasteiger partial charge in [-0.05, 0) is 37.4 Å². The van der Waals surface area contributed by atoms with Crippen molar-refractivity contribution in [3.8, 4) is 0 Å². The summed E-state index contributed by atoms with van der Waals surface area (Å²) in [7, 11) is 5.70. The van der Waals surface area contributed by atoms with Crippen molar-refractivity contribution in [2.75, 3.05) is 13.1 Å². The van der Waals surface area contributed by atoms with Crippen molar-refractivity contribution in [2.24, 2.45) is 5.92 Å². The summed E-state index contributed by atoms with van der Waals surface area (Å²) in [5.74, 6) is 0.889. The molecule has 78 valence electrons. The minimum absolute atomic E-state index is 0.762. The number of hydrogen-bond donors (Lipinski definition) is 0. The van der Waals surface area contributed by atoms with Crippen LogP contribution in [0.15, 0.2) is 18.5 Å². The Bertz CT molecular complexity index is 319. The Hall–Kier alpha value is -0.825. The predicted molar refractivity (Wildman–Crippen MR) is 63.3 cm³/mol. The molecule has 1 fully saturated rings. The smallest absolute Gasteiger partial charge is 0.115 e. The van der Waals surface area contributed by atoms with Gasteiger partial charge in [-0.25, -0.2) is 0 Å². The minimum Gasteiger partial charge on any atom is -0.299 e. The van der Waals surface area contributed by atoms with E-state index in [4.69, 9.17) is 7.85 Å². The SMILES string of the molecule is [B]c1cncc(CN2CCC(C)CC2)c1. The quantitative estimate of drug-likeness (QED) is 0.664. The highest BCUT2D eigenvalue weighted by Crippen LogP contribution is 2.17. The molecule has 2 radical (unpaired) electrons. The molecule has 2 heterocycles. The molecule has 2 rings (SSSR count). The Balaban J connectivity index is 1.92. The van der Waals surface area contributed by atoms with E-state index in [2.05, 4.69) is 16.8 Å². The van der Waals surface area contributed by atoms with Crippen molar-refractivity contribution in [3.63, 3.8) is 0 Å². The molecular weight excluding hydrogens is 183 g/mol. The number of hydrogen-bond acceptors (Lipinski definition) is 2. The number of piperidine rings is 1. The van der Waals surface area contributed by atoms with Gasteiger partial charge in [0.25, 0.3) is 0 Å². The third-order valence-electron chi connectivity index (χ3n) is 3.10. The third-order valence-corrected chi connectivity index (χ3v) is 3.10. The van der Waals surface area contributed by atoms with Gasteiger partial charge in [0.05, 0.1) is 0 Å². The first-order valence-corrected chi connectivity index (χ1v) is 5.66. The molecule has 1 aromatic heterocycles. The summed E-state index contributed by atoms with van der Waals surface area (Å²) >= 11 is 0. The maximum absolute atomic E-state index is 5.70. The summed E-state index contributed by atoms with van der Waals surface area (Å²) in [5.41, 5.74) is 1.99. The summed E-state index contributed by atoms with van der Waals surface area (Å²) in [6.45, 7) is 5.73. The van der Waals surface area contributed by atoms with Crippen LogP contribution < -0.4 is 5.46 Å². The van der Waals surface area contributed by atoms with Gasteiger partial charge in [-0.2, -0.15) is 0 Å². The molecule has 0 spiro atoms. The van der Waals surface area contributed by atoms with E-state index in [1.54, 1.807) is 6.20 Å². The molecule has 15 heavy (non-hydrogen) atoms. The predicted octanol–water partition coefficient (Wildman–Crippen LogP) is 1.11. The molecule has 2 nitrogen and oxygen atoms in total. The molecular formula is C12H17BN2. The molecule has 0 N–H and O–H groups in total. The molecule has 1 aromatic rings. The molecule has 0 amide bonds. The Morgan fingerprint density at radius 3 is 2.80 bits per heavy atom. The number of nitrogens with zero attached hydrogens (tertiary/aromatic N) is 2. The van der Waals surface area contributed by atoms with Gasteiger partial charge in [0.1, 0.15) is 7.85 Å². The lowest BCUT2D eigenvalue weighted by Crippen LogP contribution is -2.32. The maximum atomic E-state index is 5.70. The van der Waals surface area contributed by atoms with Gasteiger partial charge in [-0.3, -0.25) is 9.88 Å². The monoisotopic (exact) mass is 200 g/mol. The van der Waals surface area contributed by atoms with Crippen molar-refractivity contribution < 1.29 is 0 Å². The van der Waals surface area contributed by atoms with E-state index >= 15 is 0 Å². The molecule has 1 aliphatic rings. The minimum atomic E-state index is 0.762. The van der Waals surface area contributed by atoms with E-state index in [1.807, 2.05) is 12.3 Å². The first-order chi connectivity index (χ1) is 7.24. The number of likely N-dealkylation sites (tertiary alicyclic amines) is 1. The van der Waals surface area contributed by atoms with Crippen LogP contribution >= 0.6 is 0 Å². The van der Waals surface area contributed by atoms with Crippen LogP contribution in [0.5, 0.6) is 0 Å². The van der Waals surface area contributed by atoms with Crippen molar-refractivity contribution in [2.45, 2.75) is 26.3 Å². The van der Waals surface area contributed by atoms with Gasteiger partial charge in [0, 0.05) is 18.9 Å². The maximum Gasteiger partial charge on any atom is 0.115 e. The van der Waals surface area contributed by atoms with Crippen LogP contribution in [-0.2, 0) is 6.54 Å². The third kappa shape index (κ3) is 3.06. The Kier molecular flexibility index (Phi) is 3.42. The molecule has 0 unspecified atom stereocenters. The molecule has 3 heteroatoms. The summed E-state index contributed by atoms with van der Waals surface area (Å²) in [6, 6.07) is 2.02. The van der Waals surface area contributed by atoms with Crippen LogP contribution in [0.25, 0.3) is 0 Å². The van der Waals surface area contributed by atoms with E-state index in [0.29, 0.717) is 0 Å². The summed E-state index contributed by atoms with van der Waals surface area (Å²) < 4.78 is 0. The van der Waals surface area contributed by atoms with E-state index < -0.39 is 0 Å². The number of aromatic nitrogens is 1. The topological polar surface area (TPSA) is 16.1 Å². The van der Waals surface area contributed by atoms with Crippen LogP contribution in [0.2, 0.25) is 0 Å². The van der Waals surface area contributed by atoms with Crippen LogP contribution in [0, 0.1) is 5.92 Å². The Morgan fingerprint density at radius 1 is 1.40 bits per heavy atom. The molecule has 0 aromatic carbocycles. The van der Waals surface area contributed by atoms with Crippen LogP contribution in [0.4, 0.5) is 0 Å². The van der Waals surface area contributed by atoms with Gasteiger partial charge < -0.3 is 0 Å². The van der Waals surface area contributed by atoms with Crippen LogP contribution in [0.1, 0.15) is 25.3 Å². The number of rotatable bonds is 2. The lowest BCUT2D eigenvalue weighted by molar-refractivity contribution is 0.185. The van der Waals surface area contributed by atoms with Crippen molar-refractivity contribution >= 4 is 13.3 Å². The standard InChI is InChI=1S/C12H17BN2/c1-10-2-4-15(5-3-10)9-11-6-12(13)8-14-7-11/h6-8,10H,2-5,9H2,1H3. The van der Waals surface area contributed by atoms with Gasteiger partial charge >= 0.3 is 0 Å². The highest BCUT2D eigenvalue weighted by molar-refractivity contribution is 6.32.